The van der Waals surface area contributed by atoms with Crippen molar-refractivity contribution >= 4 is 5.97 Å². The summed E-state index contributed by atoms with van der Waals surface area (Å²) >= 11 is 0. The quantitative estimate of drug-likeness (QED) is 0.783. The number of alkyl halides is 3. The van der Waals surface area contributed by atoms with Crippen LogP contribution in [0.25, 0.3) is 0 Å². The fraction of sp³-hybridized carbons (Fsp3) is 0.400. The van der Waals surface area contributed by atoms with Crippen molar-refractivity contribution in [3.05, 3.63) is 17.3 Å². The average molecular weight is 265 g/mol. The molecule has 0 bridgehead atoms. The van der Waals surface area contributed by atoms with Crippen LogP contribution in [-0.4, -0.2) is 31.5 Å². The number of pyridine rings is 1. The number of aryl methyl sites for hydroxylation is 1. The molecule has 5 nitrogen and oxygen atoms in total. The van der Waals surface area contributed by atoms with E-state index in [1.165, 1.54) is 13.1 Å². The molecule has 0 unspecified atom stereocenters. The fourth-order valence-electron chi connectivity index (χ4n) is 1.28. The summed E-state index contributed by atoms with van der Waals surface area (Å²) in [6, 6.07) is 0. The molecular weight excluding hydrogens is 255 g/mol. The van der Waals surface area contributed by atoms with Gasteiger partial charge in [0.2, 0.25) is 5.75 Å². The first-order chi connectivity index (χ1) is 8.30. The molecule has 18 heavy (non-hydrogen) atoms. The van der Waals surface area contributed by atoms with Gasteiger partial charge in [0.1, 0.15) is 5.56 Å². The lowest BCUT2D eigenvalue weighted by atomic mass is 10.1. The van der Waals surface area contributed by atoms with Crippen molar-refractivity contribution in [2.45, 2.75) is 13.3 Å². The third-order valence-corrected chi connectivity index (χ3v) is 1.99. The molecule has 1 heterocycles. The molecule has 0 saturated heterocycles. The Morgan fingerprint density at radius 2 is 1.94 bits per heavy atom. The van der Waals surface area contributed by atoms with E-state index in [0.717, 1.165) is 14.2 Å². The van der Waals surface area contributed by atoms with E-state index in [2.05, 4.69) is 19.2 Å². The van der Waals surface area contributed by atoms with E-state index in [9.17, 15) is 18.0 Å². The minimum absolute atomic E-state index is 0.182. The van der Waals surface area contributed by atoms with Crippen LogP contribution < -0.4 is 9.47 Å². The number of esters is 1. The van der Waals surface area contributed by atoms with Crippen LogP contribution in [0, 0.1) is 6.92 Å². The van der Waals surface area contributed by atoms with E-state index in [4.69, 9.17) is 0 Å². The summed E-state index contributed by atoms with van der Waals surface area (Å²) in [5, 5.41) is 0. The van der Waals surface area contributed by atoms with Gasteiger partial charge in [-0.25, -0.2) is 9.78 Å². The van der Waals surface area contributed by atoms with Crippen molar-refractivity contribution < 1.29 is 32.2 Å². The third-order valence-electron chi connectivity index (χ3n) is 1.99. The van der Waals surface area contributed by atoms with Crippen LogP contribution in [0.15, 0.2) is 6.20 Å². The van der Waals surface area contributed by atoms with Crippen molar-refractivity contribution in [1.82, 2.24) is 4.98 Å². The standard InChI is InChI=1S/C10H10F3NO4/c1-5-4-14-8(16-2)7(18-10(11,12)13)6(5)9(15)17-3/h4H,1-3H3. The maximum atomic E-state index is 12.3. The zero-order chi connectivity index (χ0) is 13.9. The second-order valence-corrected chi connectivity index (χ2v) is 3.19. The van der Waals surface area contributed by atoms with Crippen LogP contribution in [0.3, 0.4) is 0 Å². The van der Waals surface area contributed by atoms with Gasteiger partial charge in [-0.1, -0.05) is 0 Å². The van der Waals surface area contributed by atoms with Gasteiger partial charge in [0, 0.05) is 6.20 Å². The second kappa shape index (κ2) is 5.11. The molecule has 1 rings (SSSR count). The summed E-state index contributed by atoms with van der Waals surface area (Å²) < 4.78 is 49.6. The molecule has 0 atom stereocenters. The molecule has 100 valence electrons. The predicted octanol–water partition coefficient (Wildman–Crippen LogP) is 2.08. The van der Waals surface area contributed by atoms with Crippen LogP contribution in [0.4, 0.5) is 13.2 Å². The lowest BCUT2D eigenvalue weighted by Crippen LogP contribution is -2.21. The summed E-state index contributed by atoms with van der Waals surface area (Å²) in [5.74, 6) is -2.22. The Labute approximate surface area is 100 Å². The Balaban J connectivity index is 3.41. The molecular formula is C10H10F3NO4. The Morgan fingerprint density at radius 1 is 1.33 bits per heavy atom. The predicted molar refractivity (Wildman–Crippen MR) is 53.5 cm³/mol. The van der Waals surface area contributed by atoms with Crippen molar-refractivity contribution in [2.75, 3.05) is 14.2 Å². The first kappa shape index (κ1) is 14.1. The highest BCUT2D eigenvalue weighted by Crippen LogP contribution is 2.35. The van der Waals surface area contributed by atoms with Gasteiger partial charge in [0.15, 0.2) is 0 Å². The average Bonchev–Trinajstić information content (AvgIpc) is 2.27. The number of ether oxygens (including phenoxy) is 3. The number of hydrogen-bond acceptors (Lipinski definition) is 5. The van der Waals surface area contributed by atoms with Crippen LogP contribution in [0.5, 0.6) is 11.6 Å². The molecule has 0 radical (unpaired) electrons. The molecule has 8 heteroatoms. The van der Waals surface area contributed by atoms with Gasteiger partial charge in [-0.15, -0.1) is 13.2 Å². The molecule has 1 aromatic heterocycles. The number of nitrogens with zero attached hydrogens (tertiary/aromatic N) is 1. The number of hydrogen-bond donors (Lipinski definition) is 0. The molecule has 0 aromatic carbocycles. The van der Waals surface area contributed by atoms with Gasteiger partial charge in [-0.3, -0.25) is 0 Å². The highest BCUT2D eigenvalue weighted by Gasteiger charge is 2.36. The SMILES string of the molecule is COC(=O)c1c(C)cnc(OC)c1OC(F)(F)F. The maximum Gasteiger partial charge on any atom is 0.573 e. The Kier molecular flexibility index (Phi) is 4.00. The number of aromatic nitrogens is 1. The van der Waals surface area contributed by atoms with Crippen LogP contribution in [0.2, 0.25) is 0 Å². The van der Waals surface area contributed by atoms with E-state index in [-0.39, 0.29) is 11.1 Å². The van der Waals surface area contributed by atoms with Crippen molar-refractivity contribution in [3.8, 4) is 11.6 Å². The lowest BCUT2D eigenvalue weighted by molar-refractivity contribution is -0.275. The summed E-state index contributed by atoms with van der Waals surface area (Å²) in [7, 11) is 2.16. The number of carbonyl (C=O) groups is 1. The molecule has 0 saturated carbocycles. The smallest absolute Gasteiger partial charge is 0.478 e. The minimum atomic E-state index is -4.97. The monoisotopic (exact) mass is 265 g/mol. The van der Waals surface area contributed by atoms with Gasteiger partial charge in [-0.05, 0) is 12.5 Å². The number of methoxy groups -OCH3 is 2. The van der Waals surface area contributed by atoms with E-state index in [1.54, 1.807) is 0 Å². The van der Waals surface area contributed by atoms with Crippen molar-refractivity contribution in [1.29, 1.82) is 0 Å². The van der Waals surface area contributed by atoms with E-state index in [1.807, 2.05) is 0 Å². The van der Waals surface area contributed by atoms with Crippen molar-refractivity contribution in [2.24, 2.45) is 0 Å². The highest BCUT2D eigenvalue weighted by molar-refractivity contribution is 5.94. The van der Waals surface area contributed by atoms with Gasteiger partial charge < -0.3 is 14.2 Å². The summed E-state index contributed by atoms with van der Waals surface area (Å²) in [6.07, 6.45) is -3.78. The normalized spacial score (nSPS) is 11.0. The van der Waals surface area contributed by atoms with Gasteiger partial charge >= 0.3 is 12.3 Å². The zero-order valence-electron chi connectivity index (χ0n) is 9.79. The number of carbonyl (C=O) groups excluding carboxylic acids is 1. The van der Waals surface area contributed by atoms with E-state index in [0.29, 0.717) is 0 Å². The largest absolute Gasteiger partial charge is 0.573 e. The second-order valence-electron chi connectivity index (χ2n) is 3.19. The first-order valence-electron chi connectivity index (χ1n) is 4.67. The summed E-state index contributed by atoms with van der Waals surface area (Å²) in [5.41, 5.74) is -0.191. The number of rotatable bonds is 3. The zero-order valence-corrected chi connectivity index (χ0v) is 9.79. The van der Waals surface area contributed by atoms with Crippen LogP contribution >= 0.6 is 0 Å². The van der Waals surface area contributed by atoms with Crippen molar-refractivity contribution in [3.63, 3.8) is 0 Å². The maximum absolute atomic E-state index is 12.3. The molecule has 1 aromatic rings. The molecule has 0 amide bonds. The van der Waals surface area contributed by atoms with Gasteiger partial charge in [0.25, 0.3) is 5.88 Å². The molecule has 0 aliphatic rings. The highest BCUT2D eigenvalue weighted by atomic mass is 19.4. The van der Waals surface area contributed by atoms with E-state index < -0.39 is 24.0 Å². The minimum Gasteiger partial charge on any atom is -0.478 e. The number of halogens is 3. The molecule has 0 aliphatic carbocycles. The summed E-state index contributed by atoms with van der Waals surface area (Å²) in [6.45, 7) is 1.40. The summed E-state index contributed by atoms with van der Waals surface area (Å²) in [4.78, 5) is 15.1. The Hall–Kier alpha value is -1.99. The van der Waals surface area contributed by atoms with E-state index >= 15 is 0 Å². The molecule has 0 spiro atoms. The first-order valence-corrected chi connectivity index (χ1v) is 4.67. The van der Waals surface area contributed by atoms with Gasteiger partial charge in [-0.2, -0.15) is 0 Å². The molecule has 0 fully saturated rings. The lowest BCUT2D eigenvalue weighted by Gasteiger charge is -2.15. The third kappa shape index (κ3) is 3.02. The van der Waals surface area contributed by atoms with Crippen LogP contribution in [0.1, 0.15) is 15.9 Å². The Bertz CT molecular complexity index is 459. The topological polar surface area (TPSA) is 57.7 Å². The fourth-order valence-corrected chi connectivity index (χ4v) is 1.28. The molecule has 0 aliphatic heterocycles. The van der Waals surface area contributed by atoms with Crippen LogP contribution in [-0.2, 0) is 4.74 Å². The van der Waals surface area contributed by atoms with Gasteiger partial charge in [0.05, 0.1) is 14.2 Å². The Morgan fingerprint density at radius 3 is 2.39 bits per heavy atom. The molecule has 0 N–H and O–H groups in total.